The summed E-state index contributed by atoms with van der Waals surface area (Å²) in [4.78, 5) is 10.6. The van der Waals surface area contributed by atoms with Crippen molar-refractivity contribution in [2.75, 3.05) is 4.72 Å². The number of hydrogen-bond acceptors (Lipinski definition) is 4. The summed E-state index contributed by atoms with van der Waals surface area (Å²) < 4.78 is 43.6. The molecule has 1 heterocycles. The van der Waals surface area contributed by atoms with Gasteiger partial charge in [0.05, 0.1) is 10.7 Å². The van der Waals surface area contributed by atoms with Crippen molar-refractivity contribution < 1.29 is 27.1 Å². The molecular formula is C11H7ClFNO5S. The Morgan fingerprint density at radius 3 is 2.60 bits per heavy atom. The van der Waals surface area contributed by atoms with Crippen LogP contribution in [0.3, 0.4) is 0 Å². The average Bonchev–Trinajstić information content (AvgIpc) is 2.84. The van der Waals surface area contributed by atoms with Gasteiger partial charge in [-0.2, -0.15) is 8.42 Å². The molecule has 0 aliphatic rings. The molecule has 9 heteroatoms. The van der Waals surface area contributed by atoms with Gasteiger partial charge < -0.3 is 9.52 Å². The van der Waals surface area contributed by atoms with Crippen LogP contribution >= 0.6 is 11.6 Å². The van der Waals surface area contributed by atoms with Crippen molar-refractivity contribution in [2.45, 2.75) is 5.09 Å². The largest absolute Gasteiger partial charge is 0.475 e. The zero-order valence-corrected chi connectivity index (χ0v) is 11.2. The minimum Gasteiger partial charge on any atom is -0.475 e. The second-order valence-corrected chi connectivity index (χ2v) is 5.67. The lowest BCUT2D eigenvalue weighted by Crippen LogP contribution is -2.12. The zero-order chi connectivity index (χ0) is 14.9. The molecule has 6 nitrogen and oxygen atoms in total. The van der Waals surface area contributed by atoms with Gasteiger partial charge in [-0.3, -0.25) is 4.72 Å². The Labute approximate surface area is 117 Å². The van der Waals surface area contributed by atoms with Crippen LogP contribution in [0.25, 0.3) is 0 Å². The van der Waals surface area contributed by atoms with Crippen LogP contribution in [0, 0.1) is 5.82 Å². The molecule has 20 heavy (non-hydrogen) atoms. The highest BCUT2D eigenvalue weighted by atomic mass is 35.5. The number of hydrogen-bond donors (Lipinski definition) is 2. The van der Waals surface area contributed by atoms with Gasteiger partial charge in [0.25, 0.3) is 10.0 Å². The third-order valence-corrected chi connectivity index (χ3v) is 3.80. The Morgan fingerprint density at radius 2 is 2.00 bits per heavy atom. The van der Waals surface area contributed by atoms with Crippen molar-refractivity contribution in [3.63, 3.8) is 0 Å². The number of anilines is 1. The molecule has 0 atom stereocenters. The fourth-order valence-corrected chi connectivity index (χ4v) is 2.58. The van der Waals surface area contributed by atoms with Gasteiger partial charge in [0, 0.05) is 0 Å². The van der Waals surface area contributed by atoms with Gasteiger partial charge in [0.2, 0.25) is 10.9 Å². The first-order chi connectivity index (χ1) is 9.29. The molecule has 0 fully saturated rings. The number of carbonyl (C=O) groups is 1. The Kier molecular flexibility index (Phi) is 3.69. The molecule has 2 rings (SSSR count). The summed E-state index contributed by atoms with van der Waals surface area (Å²) in [6.07, 6.45) is 0. The number of sulfonamides is 1. The summed E-state index contributed by atoms with van der Waals surface area (Å²) in [7, 11) is -4.20. The first-order valence-corrected chi connectivity index (χ1v) is 6.97. The fourth-order valence-electron chi connectivity index (χ4n) is 1.35. The lowest BCUT2D eigenvalue weighted by Gasteiger charge is -2.07. The van der Waals surface area contributed by atoms with Crippen molar-refractivity contribution in [1.82, 2.24) is 0 Å². The molecule has 2 N–H and O–H groups in total. The number of furan rings is 1. The van der Waals surface area contributed by atoms with E-state index in [-0.39, 0.29) is 10.7 Å². The van der Waals surface area contributed by atoms with Crippen LogP contribution in [0.5, 0.6) is 0 Å². The van der Waals surface area contributed by atoms with E-state index in [9.17, 15) is 17.6 Å². The second kappa shape index (κ2) is 5.14. The monoisotopic (exact) mass is 319 g/mol. The molecule has 0 unspecified atom stereocenters. The normalized spacial score (nSPS) is 11.3. The summed E-state index contributed by atoms with van der Waals surface area (Å²) in [5.41, 5.74) is -0.181. The van der Waals surface area contributed by atoms with E-state index in [2.05, 4.69) is 4.42 Å². The molecule has 0 amide bonds. The number of carboxylic acids is 1. The van der Waals surface area contributed by atoms with E-state index in [1.165, 1.54) is 6.07 Å². The molecule has 0 radical (unpaired) electrons. The first-order valence-electron chi connectivity index (χ1n) is 5.10. The van der Waals surface area contributed by atoms with Gasteiger partial charge >= 0.3 is 5.97 Å². The maximum absolute atomic E-state index is 13.0. The third kappa shape index (κ3) is 2.91. The van der Waals surface area contributed by atoms with E-state index in [0.717, 1.165) is 24.3 Å². The van der Waals surface area contributed by atoms with E-state index in [1.807, 2.05) is 4.72 Å². The standard InChI is InChI=1S/C11H7ClFNO5S/c12-7-2-1-6(13)5-8(7)14-20(17,18)10-4-3-9(19-10)11(15)16/h1-5,14H,(H,15,16). The quantitative estimate of drug-likeness (QED) is 0.902. The molecule has 1 aromatic heterocycles. The molecule has 1 aromatic carbocycles. The van der Waals surface area contributed by atoms with Crippen LogP contribution in [0.4, 0.5) is 10.1 Å². The number of nitrogens with one attached hydrogen (secondary N) is 1. The molecule has 0 bridgehead atoms. The van der Waals surface area contributed by atoms with Gasteiger partial charge in [-0.25, -0.2) is 9.18 Å². The molecule has 0 spiro atoms. The van der Waals surface area contributed by atoms with E-state index < -0.39 is 32.7 Å². The zero-order valence-electron chi connectivity index (χ0n) is 9.63. The van der Waals surface area contributed by atoms with Crippen molar-refractivity contribution in [2.24, 2.45) is 0 Å². The highest BCUT2D eigenvalue weighted by Gasteiger charge is 2.22. The fraction of sp³-hybridized carbons (Fsp3) is 0. The summed E-state index contributed by atoms with van der Waals surface area (Å²) in [6, 6.07) is 5.10. The Hall–Kier alpha value is -2.06. The van der Waals surface area contributed by atoms with Gasteiger partial charge in [-0.05, 0) is 30.3 Å². The number of rotatable bonds is 4. The number of benzene rings is 1. The van der Waals surface area contributed by atoms with Crippen LogP contribution in [0.2, 0.25) is 5.02 Å². The Morgan fingerprint density at radius 1 is 1.30 bits per heavy atom. The maximum atomic E-state index is 13.0. The minimum absolute atomic E-state index is 0.0139. The third-order valence-electron chi connectivity index (χ3n) is 2.23. The van der Waals surface area contributed by atoms with Crippen molar-refractivity contribution in [1.29, 1.82) is 0 Å². The second-order valence-electron chi connectivity index (χ2n) is 3.65. The van der Waals surface area contributed by atoms with Crippen LogP contribution < -0.4 is 4.72 Å². The summed E-state index contributed by atoms with van der Waals surface area (Å²) in [6.45, 7) is 0. The maximum Gasteiger partial charge on any atom is 0.371 e. The summed E-state index contributed by atoms with van der Waals surface area (Å²) >= 11 is 5.73. The van der Waals surface area contributed by atoms with E-state index in [1.54, 1.807) is 0 Å². The van der Waals surface area contributed by atoms with Gasteiger partial charge in [0.1, 0.15) is 5.82 Å². The topological polar surface area (TPSA) is 96.6 Å². The molecule has 0 aliphatic heterocycles. The smallest absolute Gasteiger partial charge is 0.371 e. The molecule has 2 aromatic rings. The van der Waals surface area contributed by atoms with Crippen molar-refractivity contribution in [3.05, 3.63) is 46.9 Å². The van der Waals surface area contributed by atoms with Crippen LogP contribution in [-0.4, -0.2) is 19.5 Å². The number of aromatic carboxylic acids is 1. The molecule has 106 valence electrons. The van der Waals surface area contributed by atoms with Gasteiger partial charge in [-0.1, -0.05) is 11.6 Å². The Bertz CT molecular complexity index is 771. The van der Waals surface area contributed by atoms with Gasteiger partial charge in [0.15, 0.2) is 0 Å². The van der Waals surface area contributed by atoms with Crippen LogP contribution in [0.15, 0.2) is 39.8 Å². The summed E-state index contributed by atoms with van der Waals surface area (Å²) in [5.74, 6) is -2.62. The highest BCUT2D eigenvalue weighted by Crippen LogP contribution is 2.26. The molecule has 0 saturated carbocycles. The highest BCUT2D eigenvalue weighted by molar-refractivity contribution is 7.92. The van der Waals surface area contributed by atoms with E-state index >= 15 is 0 Å². The number of halogens is 2. The molecule has 0 saturated heterocycles. The van der Waals surface area contributed by atoms with Crippen molar-refractivity contribution in [3.8, 4) is 0 Å². The number of carboxylic acid groups (broad SMARTS) is 1. The van der Waals surface area contributed by atoms with Crippen molar-refractivity contribution >= 4 is 33.3 Å². The lowest BCUT2D eigenvalue weighted by molar-refractivity contribution is 0.0656. The predicted octanol–water partition coefficient (Wildman–Crippen LogP) is 2.57. The van der Waals surface area contributed by atoms with Crippen LogP contribution in [0.1, 0.15) is 10.6 Å². The first kappa shape index (κ1) is 14.4. The molecular weight excluding hydrogens is 313 g/mol. The minimum atomic E-state index is -4.20. The van der Waals surface area contributed by atoms with E-state index in [4.69, 9.17) is 16.7 Å². The molecule has 0 aliphatic carbocycles. The van der Waals surface area contributed by atoms with Crippen LogP contribution in [-0.2, 0) is 10.0 Å². The van der Waals surface area contributed by atoms with Gasteiger partial charge in [-0.15, -0.1) is 0 Å². The average molecular weight is 320 g/mol. The summed E-state index contributed by atoms with van der Waals surface area (Å²) in [5, 5.41) is 8.03. The van der Waals surface area contributed by atoms with E-state index in [0.29, 0.717) is 0 Å². The predicted molar refractivity (Wildman–Crippen MR) is 67.9 cm³/mol. The Balaban J connectivity index is 2.35. The lowest BCUT2D eigenvalue weighted by atomic mass is 10.3. The SMILES string of the molecule is O=C(O)c1ccc(S(=O)(=O)Nc2cc(F)ccc2Cl)o1.